The molecule has 9 rings (SSSR count). The summed E-state index contributed by atoms with van der Waals surface area (Å²) in [5.41, 5.74) is 7.28. The zero-order valence-corrected chi connectivity index (χ0v) is 29.4. The smallest absolute Gasteiger partial charge is 0.260 e. The zero-order valence-electron chi connectivity index (χ0n) is 29.4. The molecule has 0 bridgehead atoms. The monoisotopic (exact) mass is 708 g/mol. The Labute approximate surface area is 307 Å². The number of hydrazine groups is 1. The Hall–Kier alpha value is -5.74. The van der Waals surface area contributed by atoms with Crippen molar-refractivity contribution in [1.82, 2.24) is 5.01 Å². The maximum atomic E-state index is 15.2. The van der Waals surface area contributed by atoms with Crippen molar-refractivity contribution in [1.29, 1.82) is 0 Å². The lowest BCUT2D eigenvalue weighted by atomic mass is 9.49. The molecule has 53 heavy (non-hydrogen) atoms. The summed E-state index contributed by atoms with van der Waals surface area (Å²) in [6, 6.07) is 31.3. The largest absolute Gasteiger partial charge is 0.508 e. The number of benzene rings is 4. The number of morpholine rings is 1. The molecular formula is C43H40N4O6. The first-order chi connectivity index (χ1) is 25.8. The van der Waals surface area contributed by atoms with E-state index >= 15 is 4.79 Å². The Morgan fingerprint density at radius 3 is 2.13 bits per heavy atom. The molecule has 3 saturated heterocycles. The van der Waals surface area contributed by atoms with Crippen LogP contribution in [0.5, 0.6) is 5.75 Å². The zero-order chi connectivity index (χ0) is 36.4. The van der Waals surface area contributed by atoms with Crippen molar-refractivity contribution >= 4 is 40.7 Å². The number of rotatable bonds is 6. The van der Waals surface area contributed by atoms with E-state index in [-0.39, 0.29) is 35.8 Å². The summed E-state index contributed by atoms with van der Waals surface area (Å²) in [5, 5.41) is 11.5. The summed E-state index contributed by atoms with van der Waals surface area (Å²) in [6.07, 6.45) is 2.60. The number of allylic oxidation sites excluding steroid dienone is 2. The molecule has 10 heteroatoms. The number of carbonyl (C=O) groups is 4. The number of nitrogens with zero attached hydrogens (tertiary/aromatic N) is 3. The molecule has 4 aromatic carbocycles. The number of carbonyl (C=O) groups excluding carboxylic acids is 4. The van der Waals surface area contributed by atoms with Crippen LogP contribution in [0.1, 0.15) is 35.4 Å². The minimum Gasteiger partial charge on any atom is -0.508 e. The molecule has 4 fully saturated rings. The molecule has 5 aliphatic rings. The fraction of sp³-hybridized carbons (Fsp3) is 0.302. The minimum absolute atomic E-state index is 0.0763. The van der Waals surface area contributed by atoms with Gasteiger partial charge < -0.3 is 14.7 Å². The number of aryl methyl sites for hydroxylation is 1. The predicted molar refractivity (Wildman–Crippen MR) is 199 cm³/mol. The van der Waals surface area contributed by atoms with Crippen LogP contribution in [-0.4, -0.2) is 60.0 Å². The highest BCUT2D eigenvalue weighted by Crippen LogP contribution is 2.64. The lowest BCUT2D eigenvalue weighted by Crippen LogP contribution is -2.53. The number of nitrogens with one attached hydrogen (secondary N) is 1. The van der Waals surface area contributed by atoms with Crippen molar-refractivity contribution in [2.75, 3.05) is 41.5 Å². The van der Waals surface area contributed by atoms with Gasteiger partial charge >= 0.3 is 0 Å². The predicted octanol–water partition coefficient (Wildman–Crippen LogP) is 5.73. The van der Waals surface area contributed by atoms with E-state index in [0.29, 0.717) is 36.6 Å². The van der Waals surface area contributed by atoms with Crippen LogP contribution in [0.15, 0.2) is 115 Å². The Kier molecular flexibility index (Phi) is 7.96. The number of hydrogen-bond acceptors (Lipinski definition) is 8. The lowest BCUT2D eigenvalue weighted by molar-refractivity contribution is -0.138. The van der Waals surface area contributed by atoms with Crippen LogP contribution >= 0.6 is 0 Å². The van der Waals surface area contributed by atoms with Gasteiger partial charge in [-0.3, -0.25) is 29.5 Å². The van der Waals surface area contributed by atoms with Crippen LogP contribution in [0, 0.1) is 30.6 Å². The van der Waals surface area contributed by atoms with Crippen LogP contribution in [0.3, 0.4) is 0 Å². The maximum absolute atomic E-state index is 15.2. The number of anilines is 3. The summed E-state index contributed by atoms with van der Waals surface area (Å²) < 4.78 is 5.50. The van der Waals surface area contributed by atoms with Gasteiger partial charge in [0.25, 0.3) is 11.8 Å². The highest BCUT2D eigenvalue weighted by Gasteiger charge is 2.70. The highest BCUT2D eigenvalue weighted by atomic mass is 16.5. The van der Waals surface area contributed by atoms with E-state index in [1.54, 1.807) is 24.3 Å². The average molecular weight is 709 g/mol. The summed E-state index contributed by atoms with van der Waals surface area (Å²) >= 11 is 0. The number of hydrogen-bond donors (Lipinski definition) is 2. The number of ether oxygens (including phenoxy) is 1. The van der Waals surface area contributed by atoms with Crippen molar-refractivity contribution in [3.05, 3.63) is 131 Å². The van der Waals surface area contributed by atoms with Crippen molar-refractivity contribution < 1.29 is 29.0 Å². The molecule has 4 amide bonds. The van der Waals surface area contributed by atoms with Gasteiger partial charge in [-0.05, 0) is 85.3 Å². The van der Waals surface area contributed by atoms with Gasteiger partial charge in [-0.1, -0.05) is 71.8 Å². The molecule has 6 unspecified atom stereocenters. The molecule has 3 aliphatic heterocycles. The topological polar surface area (TPSA) is 119 Å². The Morgan fingerprint density at radius 1 is 0.755 bits per heavy atom. The number of fused-ring (bicyclic) bond motifs is 4. The van der Waals surface area contributed by atoms with Crippen molar-refractivity contribution in [3.63, 3.8) is 0 Å². The van der Waals surface area contributed by atoms with Gasteiger partial charge in [-0.15, -0.1) is 0 Å². The second kappa shape index (κ2) is 12.7. The number of aromatic hydroxyl groups is 1. The molecule has 0 radical (unpaired) electrons. The molecule has 4 aromatic rings. The van der Waals surface area contributed by atoms with Gasteiger partial charge in [0.15, 0.2) is 0 Å². The third-order valence-electron chi connectivity index (χ3n) is 12.1. The molecule has 268 valence electrons. The second-order valence-corrected chi connectivity index (χ2v) is 14.8. The van der Waals surface area contributed by atoms with Gasteiger partial charge in [0.2, 0.25) is 11.8 Å². The Bertz CT molecular complexity index is 2130. The first-order valence-corrected chi connectivity index (χ1v) is 18.3. The number of phenolic OH excluding ortho intramolecular Hbond substituents is 1. The lowest BCUT2D eigenvalue weighted by Gasteiger charge is -2.50. The van der Waals surface area contributed by atoms with E-state index in [4.69, 9.17) is 4.74 Å². The Morgan fingerprint density at radius 2 is 1.43 bits per heavy atom. The quantitative estimate of drug-likeness (QED) is 0.193. The SMILES string of the molecule is Cc1ccc(NN2C(=O)C3CC4C(=CCC5C(=O)N(c6ccc(N7CCOCC7)cc6)C(=O)C54)C(c4ccc(O)cc4)C3(c3ccccc3)C2=O)cc1. The van der Waals surface area contributed by atoms with Crippen LogP contribution in [-0.2, 0) is 29.3 Å². The van der Waals surface area contributed by atoms with Crippen LogP contribution < -0.4 is 15.2 Å². The summed E-state index contributed by atoms with van der Waals surface area (Å²) in [7, 11) is 0. The third kappa shape index (κ3) is 5.10. The molecule has 10 nitrogen and oxygen atoms in total. The Balaban J connectivity index is 1.14. The molecule has 6 atom stereocenters. The fourth-order valence-corrected chi connectivity index (χ4v) is 9.68. The summed E-state index contributed by atoms with van der Waals surface area (Å²) in [4.78, 5) is 62.4. The second-order valence-electron chi connectivity index (χ2n) is 14.8. The van der Waals surface area contributed by atoms with Gasteiger partial charge in [-0.2, -0.15) is 5.01 Å². The molecule has 2 N–H and O–H groups in total. The first kappa shape index (κ1) is 33.1. The van der Waals surface area contributed by atoms with E-state index in [2.05, 4.69) is 10.3 Å². The number of phenols is 1. The summed E-state index contributed by atoms with van der Waals surface area (Å²) in [6.45, 7) is 4.81. The highest BCUT2D eigenvalue weighted by molar-refractivity contribution is 6.22. The molecule has 1 saturated carbocycles. The third-order valence-corrected chi connectivity index (χ3v) is 12.1. The average Bonchev–Trinajstić information content (AvgIpc) is 3.57. The van der Waals surface area contributed by atoms with E-state index < -0.39 is 35.0 Å². The van der Waals surface area contributed by atoms with E-state index in [1.165, 1.54) is 4.90 Å². The number of imide groups is 2. The maximum Gasteiger partial charge on any atom is 0.260 e. The fourth-order valence-electron chi connectivity index (χ4n) is 9.68. The van der Waals surface area contributed by atoms with Crippen LogP contribution in [0.25, 0.3) is 0 Å². The van der Waals surface area contributed by atoms with E-state index in [0.717, 1.165) is 40.5 Å². The van der Waals surface area contributed by atoms with E-state index in [1.807, 2.05) is 91.9 Å². The normalized spacial score (nSPS) is 28.1. The standard InChI is InChI=1S/C43H40N4O6/c1-26-7-11-29(12-8-26)44-47-40(50)36-25-35-33(38(27-9-17-32(48)18-10-27)43(36,42(47)52)28-5-3-2-4-6-28)19-20-34-37(35)41(51)46(39(34)49)31-15-13-30(14-16-31)45-21-23-53-24-22-45/h2-19,34-38,44,48H,20-25H2,1H3. The van der Waals surface area contributed by atoms with Gasteiger partial charge in [0, 0.05) is 24.7 Å². The van der Waals surface area contributed by atoms with Crippen molar-refractivity contribution in [3.8, 4) is 5.75 Å². The summed E-state index contributed by atoms with van der Waals surface area (Å²) in [5.74, 6) is -4.46. The van der Waals surface area contributed by atoms with Crippen LogP contribution in [0.2, 0.25) is 0 Å². The van der Waals surface area contributed by atoms with E-state index in [9.17, 15) is 19.5 Å². The molecule has 0 spiro atoms. The molecule has 2 aliphatic carbocycles. The molecule has 3 heterocycles. The van der Waals surface area contributed by atoms with Gasteiger partial charge in [-0.25, -0.2) is 0 Å². The minimum atomic E-state index is -1.36. The van der Waals surface area contributed by atoms with Crippen molar-refractivity contribution in [2.45, 2.75) is 31.1 Å². The molecule has 0 aromatic heterocycles. The first-order valence-electron chi connectivity index (χ1n) is 18.3. The van der Waals surface area contributed by atoms with Crippen LogP contribution in [0.4, 0.5) is 17.1 Å². The number of amides is 4. The van der Waals surface area contributed by atoms with Gasteiger partial charge in [0.05, 0.1) is 47.8 Å². The van der Waals surface area contributed by atoms with Crippen molar-refractivity contribution in [2.24, 2.45) is 23.7 Å². The molecular weight excluding hydrogens is 668 g/mol. The van der Waals surface area contributed by atoms with Gasteiger partial charge in [0.1, 0.15) is 5.75 Å².